The van der Waals surface area contributed by atoms with E-state index in [1.54, 1.807) is 29.2 Å². The molecule has 3 heterocycles. The van der Waals surface area contributed by atoms with Crippen LogP contribution in [0.5, 0.6) is 5.88 Å². The smallest absolute Gasteiger partial charge is 0.391 e. The topological polar surface area (TPSA) is 128 Å². The van der Waals surface area contributed by atoms with Crippen LogP contribution in [0.25, 0.3) is 10.2 Å². The summed E-state index contributed by atoms with van der Waals surface area (Å²) in [6.07, 6.45) is 2.07. The average Bonchev–Trinajstić information content (AvgIpc) is 3.14. The highest BCUT2D eigenvalue weighted by Crippen LogP contribution is 2.35. The van der Waals surface area contributed by atoms with Crippen molar-refractivity contribution in [2.24, 2.45) is 11.7 Å². The molecule has 10 heteroatoms. The van der Waals surface area contributed by atoms with Gasteiger partial charge in [-0.05, 0) is 56.4 Å². The molecular formula is C23H25N5O4S. The van der Waals surface area contributed by atoms with Crippen LogP contribution in [0, 0.1) is 19.8 Å². The number of pyridine rings is 1. The van der Waals surface area contributed by atoms with Gasteiger partial charge in [0.1, 0.15) is 0 Å². The molecular weight excluding hydrogens is 442 g/mol. The van der Waals surface area contributed by atoms with Crippen LogP contribution >= 0.6 is 11.3 Å². The fourth-order valence-electron chi connectivity index (χ4n) is 4.14. The highest BCUT2D eigenvalue weighted by atomic mass is 32.1. The van der Waals surface area contributed by atoms with Gasteiger partial charge in [0, 0.05) is 12.1 Å². The van der Waals surface area contributed by atoms with Crippen LogP contribution in [0.4, 0.5) is 10.5 Å². The predicted molar refractivity (Wildman–Crippen MR) is 125 cm³/mol. The molecule has 1 fully saturated rings. The van der Waals surface area contributed by atoms with E-state index >= 15 is 0 Å². The van der Waals surface area contributed by atoms with Crippen molar-refractivity contribution in [1.29, 1.82) is 0 Å². The molecule has 3 amide bonds. The molecule has 9 nitrogen and oxygen atoms in total. The van der Waals surface area contributed by atoms with Crippen LogP contribution in [-0.4, -0.2) is 39.3 Å². The van der Waals surface area contributed by atoms with Crippen molar-refractivity contribution in [3.8, 4) is 5.88 Å². The number of likely N-dealkylation sites (tertiary alicyclic amines) is 1. The Hall–Kier alpha value is -3.53. The Labute approximate surface area is 195 Å². The van der Waals surface area contributed by atoms with E-state index in [1.807, 2.05) is 25.1 Å². The molecule has 1 aliphatic heterocycles. The van der Waals surface area contributed by atoms with Crippen molar-refractivity contribution in [2.45, 2.75) is 39.7 Å². The van der Waals surface area contributed by atoms with Crippen LogP contribution in [0.15, 0.2) is 30.5 Å². The van der Waals surface area contributed by atoms with Crippen molar-refractivity contribution in [3.63, 3.8) is 0 Å². The number of aryl methyl sites for hydroxylation is 2. The third-order valence-electron chi connectivity index (χ3n) is 5.66. The number of nitrogens with one attached hydrogen (secondary N) is 1. The highest BCUT2D eigenvalue weighted by Gasteiger charge is 2.34. The molecule has 3 aromatic rings. The first-order valence-corrected chi connectivity index (χ1v) is 11.5. The maximum absolute atomic E-state index is 13.2. The number of nitrogens with zero attached hydrogens (tertiary/aromatic N) is 3. The second-order valence-electron chi connectivity index (χ2n) is 8.34. The number of anilines is 1. The summed E-state index contributed by atoms with van der Waals surface area (Å²) >= 11 is 1.63. The molecule has 0 bridgehead atoms. The maximum Gasteiger partial charge on any atom is 0.411 e. The lowest BCUT2D eigenvalue weighted by molar-refractivity contribution is -0.146. The van der Waals surface area contributed by atoms with Gasteiger partial charge >= 0.3 is 17.9 Å². The number of benzene rings is 1. The number of primary amides is 1. The third-order valence-corrected chi connectivity index (χ3v) is 6.61. The van der Waals surface area contributed by atoms with Gasteiger partial charge in [0.2, 0.25) is 5.88 Å². The summed E-state index contributed by atoms with van der Waals surface area (Å²) in [5.41, 5.74) is 7.72. The van der Waals surface area contributed by atoms with E-state index in [2.05, 4.69) is 22.2 Å². The minimum atomic E-state index is -0.978. The zero-order valence-corrected chi connectivity index (χ0v) is 19.4. The summed E-state index contributed by atoms with van der Waals surface area (Å²) in [5, 5.41) is 3.59. The summed E-state index contributed by atoms with van der Waals surface area (Å²) in [6.45, 7) is 6.19. The lowest BCUT2D eigenvalue weighted by Crippen LogP contribution is -2.46. The SMILES string of the molecule is Cc1nc2cc(C3CCC(C)CN3C(=O)C(=O)Nc3cnc(OC(N)=O)c(C)c3)ccc2s1. The number of hydrogen-bond acceptors (Lipinski definition) is 7. The molecule has 1 aliphatic rings. The summed E-state index contributed by atoms with van der Waals surface area (Å²) in [5.74, 6) is -1.01. The molecule has 0 spiro atoms. The van der Waals surface area contributed by atoms with E-state index in [1.165, 1.54) is 6.20 Å². The molecule has 1 saturated heterocycles. The summed E-state index contributed by atoms with van der Waals surface area (Å²) in [7, 11) is 0. The Morgan fingerprint density at radius 3 is 2.73 bits per heavy atom. The first kappa shape index (κ1) is 22.7. The molecule has 172 valence electrons. The van der Waals surface area contributed by atoms with Gasteiger partial charge in [-0.2, -0.15) is 0 Å². The number of fused-ring (bicyclic) bond motifs is 1. The van der Waals surface area contributed by atoms with Crippen molar-refractivity contribution in [2.75, 3.05) is 11.9 Å². The van der Waals surface area contributed by atoms with E-state index in [0.717, 1.165) is 33.6 Å². The van der Waals surface area contributed by atoms with Gasteiger partial charge in [-0.25, -0.2) is 14.8 Å². The fourth-order valence-corrected chi connectivity index (χ4v) is 4.95. The van der Waals surface area contributed by atoms with Gasteiger partial charge in [0.15, 0.2) is 0 Å². The van der Waals surface area contributed by atoms with Crippen LogP contribution in [0.2, 0.25) is 0 Å². The van der Waals surface area contributed by atoms with Crippen LogP contribution in [0.3, 0.4) is 0 Å². The van der Waals surface area contributed by atoms with Crippen molar-refractivity contribution in [3.05, 3.63) is 46.6 Å². The fraction of sp³-hybridized carbons (Fsp3) is 0.348. The first-order chi connectivity index (χ1) is 15.7. The molecule has 0 radical (unpaired) electrons. The molecule has 2 unspecified atom stereocenters. The number of rotatable bonds is 3. The second-order valence-corrected chi connectivity index (χ2v) is 9.57. The Bertz CT molecular complexity index is 1240. The quantitative estimate of drug-likeness (QED) is 0.565. The molecule has 4 rings (SSSR count). The largest absolute Gasteiger partial charge is 0.411 e. The summed E-state index contributed by atoms with van der Waals surface area (Å²) in [6, 6.07) is 7.43. The zero-order valence-electron chi connectivity index (χ0n) is 18.6. The van der Waals surface area contributed by atoms with E-state index in [0.29, 0.717) is 17.8 Å². The Morgan fingerprint density at radius 1 is 1.21 bits per heavy atom. The Kier molecular flexibility index (Phi) is 6.28. The number of aromatic nitrogens is 2. The minimum Gasteiger partial charge on any atom is -0.391 e. The van der Waals surface area contributed by atoms with Crippen molar-refractivity contribution in [1.82, 2.24) is 14.9 Å². The standard InChI is InChI=1S/C23H25N5O4S/c1-12-4-6-18(15-5-7-19-17(9-15)26-14(3)33-19)28(11-12)22(30)20(29)27-16-8-13(2)21(25-10-16)32-23(24)31/h5,7-10,12,18H,4,6,11H2,1-3H3,(H2,24,31)(H,27,29). The summed E-state index contributed by atoms with van der Waals surface area (Å²) in [4.78, 5) is 47.2. The monoisotopic (exact) mass is 467 g/mol. The van der Waals surface area contributed by atoms with Gasteiger partial charge in [-0.15, -0.1) is 11.3 Å². The van der Waals surface area contributed by atoms with Crippen LogP contribution < -0.4 is 15.8 Å². The average molecular weight is 468 g/mol. The lowest BCUT2D eigenvalue weighted by atomic mass is 9.89. The van der Waals surface area contributed by atoms with Gasteiger partial charge < -0.3 is 20.7 Å². The predicted octanol–water partition coefficient (Wildman–Crippen LogP) is 3.70. The Balaban J connectivity index is 1.54. The molecule has 2 aromatic heterocycles. The van der Waals surface area contributed by atoms with Crippen LogP contribution in [0.1, 0.15) is 41.9 Å². The number of nitrogens with two attached hydrogens (primary N) is 1. The normalized spacial score (nSPS) is 18.2. The molecule has 2 atom stereocenters. The van der Waals surface area contributed by atoms with E-state index in [-0.39, 0.29) is 17.8 Å². The second kappa shape index (κ2) is 9.14. The van der Waals surface area contributed by atoms with E-state index in [9.17, 15) is 14.4 Å². The molecule has 3 N–H and O–H groups in total. The van der Waals surface area contributed by atoms with Crippen molar-refractivity contribution < 1.29 is 19.1 Å². The first-order valence-electron chi connectivity index (χ1n) is 10.6. The number of ether oxygens (including phenoxy) is 1. The number of amides is 3. The number of thiazole rings is 1. The van der Waals surface area contributed by atoms with Crippen molar-refractivity contribution >= 4 is 45.1 Å². The van der Waals surface area contributed by atoms with E-state index in [4.69, 9.17) is 10.5 Å². The molecule has 1 aromatic carbocycles. The van der Waals surface area contributed by atoms with Gasteiger partial charge in [0.05, 0.1) is 33.2 Å². The maximum atomic E-state index is 13.2. The number of carbonyl (C=O) groups is 3. The summed E-state index contributed by atoms with van der Waals surface area (Å²) < 4.78 is 5.89. The van der Waals surface area contributed by atoms with Gasteiger partial charge in [-0.1, -0.05) is 13.0 Å². The Morgan fingerprint density at radius 2 is 2.00 bits per heavy atom. The number of piperidine rings is 1. The molecule has 0 saturated carbocycles. The minimum absolute atomic E-state index is 0.0458. The van der Waals surface area contributed by atoms with Crippen LogP contribution in [-0.2, 0) is 9.59 Å². The zero-order chi connectivity index (χ0) is 23.7. The van der Waals surface area contributed by atoms with Gasteiger partial charge in [-0.3, -0.25) is 9.59 Å². The van der Waals surface area contributed by atoms with Gasteiger partial charge in [0.25, 0.3) is 0 Å². The molecule has 0 aliphatic carbocycles. The molecule has 33 heavy (non-hydrogen) atoms. The number of carbonyl (C=O) groups excluding carboxylic acids is 3. The highest BCUT2D eigenvalue weighted by molar-refractivity contribution is 7.18. The third kappa shape index (κ3) is 4.95. The van der Waals surface area contributed by atoms with E-state index < -0.39 is 17.9 Å². The lowest BCUT2D eigenvalue weighted by Gasteiger charge is -2.38. The number of hydrogen-bond donors (Lipinski definition) is 2.